The molecule has 0 saturated carbocycles. The minimum Gasteiger partial charge on any atom is -0.497 e. The summed E-state index contributed by atoms with van der Waals surface area (Å²) in [5, 5.41) is 10.2. The number of methoxy groups -OCH3 is 1. The fourth-order valence-corrected chi connectivity index (χ4v) is 1.97. The highest BCUT2D eigenvalue weighted by atomic mass is 16.5. The number of aliphatic imine (C=N–C) groups is 1. The largest absolute Gasteiger partial charge is 0.497 e. The SMILES string of the molecule is CCNC(=NCc1ccc(OC)cc1)NCCc1nc(C)no1. The standard InChI is InChI=1S/C16H23N5O2/c1-4-17-16(18-10-9-15-20-12(2)21-23-15)19-11-13-5-7-14(22-3)8-6-13/h5-8H,4,9-11H2,1-3H3,(H2,17,18,19). The summed E-state index contributed by atoms with van der Waals surface area (Å²) in [4.78, 5) is 8.74. The maximum atomic E-state index is 5.15. The van der Waals surface area contributed by atoms with Gasteiger partial charge in [0.2, 0.25) is 5.89 Å². The molecule has 7 heteroatoms. The number of benzene rings is 1. The van der Waals surface area contributed by atoms with Gasteiger partial charge in [-0.2, -0.15) is 4.98 Å². The summed E-state index contributed by atoms with van der Waals surface area (Å²) in [6.07, 6.45) is 0.661. The van der Waals surface area contributed by atoms with E-state index in [-0.39, 0.29) is 0 Å². The fourth-order valence-electron chi connectivity index (χ4n) is 1.97. The molecule has 0 fully saturated rings. The number of hydrogen-bond acceptors (Lipinski definition) is 5. The molecule has 0 aliphatic heterocycles. The van der Waals surface area contributed by atoms with Crippen molar-refractivity contribution in [3.63, 3.8) is 0 Å². The van der Waals surface area contributed by atoms with Crippen LogP contribution in [0.25, 0.3) is 0 Å². The van der Waals surface area contributed by atoms with Gasteiger partial charge in [-0.25, -0.2) is 4.99 Å². The molecule has 0 radical (unpaired) electrons. The molecule has 7 nitrogen and oxygen atoms in total. The van der Waals surface area contributed by atoms with E-state index in [0.717, 1.165) is 23.8 Å². The third kappa shape index (κ3) is 5.61. The lowest BCUT2D eigenvalue weighted by Crippen LogP contribution is -2.38. The third-order valence-electron chi connectivity index (χ3n) is 3.12. The topological polar surface area (TPSA) is 84.6 Å². The van der Waals surface area contributed by atoms with Crippen molar-refractivity contribution in [1.82, 2.24) is 20.8 Å². The average molecular weight is 317 g/mol. The third-order valence-corrected chi connectivity index (χ3v) is 3.12. The van der Waals surface area contributed by atoms with Gasteiger partial charge in [0.1, 0.15) is 5.75 Å². The van der Waals surface area contributed by atoms with Crippen molar-refractivity contribution in [3.8, 4) is 5.75 Å². The van der Waals surface area contributed by atoms with Gasteiger partial charge in [0.05, 0.1) is 13.7 Å². The van der Waals surface area contributed by atoms with Crippen LogP contribution < -0.4 is 15.4 Å². The van der Waals surface area contributed by atoms with Crippen LogP contribution in [0.3, 0.4) is 0 Å². The zero-order chi connectivity index (χ0) is 16.5. The van der Waals surface area contributed by atoms with Gasteiger partial charge >= 0.3 is 0 Å². The van der Waals surface area contributed by atoms with E-state index in [9.17, 15) is 0 Å². The lowest BCUT2D eigenvalue weighted by atomic mass is 10.2. The molecule has 0 amide bonds. The normalized spacial score (nSPS) is 11.3. The summed E-state index contributed by atoms with van der Waals surface area (Å²) in [5.74, 6) is 2.89. The molecule has 23 heavy (non-hydrogen) atoms. The summed E-state index contributed by atoms with van der Waals surface area (Å²) in [7, 11) is 1.66. The molecule has 0 unspecified atom stereocenters. The summed E-state index contributed by atoms with van der Waals surface area (Å²) >= 11 is 0. The van der Waals surface area contributed by atoms with Crippen LogP contribution in [-0.2, 0) is 13.0 Å². The summed E-state index contributed by atoms with van der Waals surface area (Å²) in [6, 6.07) is 7.88. The molecule has 124 valence electrons. The Balaban J connectivity index is 1.85. The van der Waals surface area contributed by atoms with Gasteiger partial charge in [0.15, 0.2) is 11.8 Å². The van der Waals surface area contributed by atoms with Crippen molar-refractivity contribution in [2.24, 2.45) is 4.99 Å². The number of nitrogens with one attached hydrogen (secondary N) is 2. The number of aryl methyl sites for hydroxylation is 1. The van der Waals surface area contributed by atoms with Gasteiger partial charge in [-0.1, -0.05) is 17.3 Å². The predicted molar refractivity (Wildman–Crippen MR) is 88.6 cm³/mol. The number of nitrogens with zero attached hydrogens (tertiary/aromatic N) is 3. The van der Waals surface area contributed by atoms with Crippen molar-refractivity contribution < 1.29 is 9.26 Å². The number of guanidine groups is 1. The van der Waals surface area contributed by atoms with E-state index in [1.54, 1.807) is 14.0 Å². The minimum atomic E-state index is 0.596. The predicted octanol–water partition coefficient (Wildman–Crippen LogP) is 1.68. The van der Waals surface area contributed by atoms with E-state index in [1.807, 2.05) is 31.2 Å². The first-order valence-corrected chi connectivity index (χ1v) is 7.65. The van der Waals surface area contributed by atoms with E-state index < -0.39 is 0 Å². The fraction of sp³-hybridized carbons (Fsp3) is 0.438. The zero-order valence-electron chi connectivity index (χ0n) is 13.8. The van der Waals surface area contributed by atoms with Gasteiger partial charge in [-0.3, -0.25) is 0 Å². The Labute approximate surface area is 136 Å². The summed E-state index contributed by atoms with van der Waals surface area (Å²) in [6.45, 7) is 5.91. The Morgan fingerprint density at radius 2 is 2.04 bits per heavy atom. The Kier molecular flexibility index (Phi) is 6.40. The second-order valence-electron chi connectivity index (χ2n) is 4.96. The number of hydrogen-bond donors (Lipinski definition) is 2. The molecule has 0 aliphatic carbocycles. The molecule has 2 rings (SSSR count). The molecule has 0 atom stereocenters. The van der Waals surface area contributed by atoms with Crippen LogP contribution in [0.2, 0.25) is 0 Å². The van der Waals surface area contributed by atoms with Gasteiger partial charge in [0.25, 0.3) is 0 Å². The summed E-state index contributed by atoms with van der Waals surface area (Å²) in [5.41, 5.74) is 1.12. The van der Waals surface area contributed by atoms with Crippen LogP contribution in [0.1, 0.15) is 24.2 Å². The number of ether oxygens (including phenoxy) is 1. The molecule has 1 aromatic carbocycles. The monoisotopic (exact) mass is 317 g/mol. The quantitative estimate of drug-likeness (QED) is 0.597. The highest BCUT2D eigenvalue weighted by Gasteiger charge is 2.03. The van der Waals surface area contributed by atoms with Crippen LogP contribution in [0.15, 0.2) is 33.8 Å². The number of aromatic nitrogens is 2. The van der Waals surface area contributed by atoms with E-state index in [0.29, 0.717) is 31.2 Å². The molecule has 0 spiro atoms. The highest BCUT2D eigenvalue weighted by molar-refractivity contribution is 5.79. The molecule has 1 heterocycles. The number of rotatable bonds is 7. The second-order valence-corrected chi connectivity index (χ2v) is 4.96. The Bertz CT molecular complexity index is 622. The Hall–Kier alpha value is -2.57. The smallest absolute Gasteiger partial charge is 0.228 e. The van der Waals surface area contributed by atoms with Crippen molar-refractivity contribution >= 4 is 5.96 Å². The first kappa shape index (κ1) is 16.8. The molecule has 1 aromatic heterocycles. The average Bonchev–Trinajstić information content (AvgIpc) is 2.98. The minimum absolute atomic E-state index is 0.596. The molecule has 2 aromatic rings. The van der Waals surface area contributed by atoms with Gasteiger partial charge in [-0.15, -0.1) is 0 Å². The van der Waals surface area contributed by atoms with Crippen molar-refractivity contribution in [2.75, 3.05) is 20.2 Å². The Morgan fingerprint density at radius 3 is 2.65 bits per heavy atom. The van der Waals surface area contributed by atoms with Gasteiger partial charge in [0, 0.05) is 19.5 Å². The van der Waals surface area contributed by atoms with Gasteiger partial charge in [-0.05, 0) is 31.5 Å². The Morgan fingerprint density at radius 1 is 1.26 bits per heavy atom. The van der Waals surface area contributed by atoms with E-state index in [1.165, 1.54) is 0 Å². The second kappa shape index (κ2) is 8.77. The first-order chi connectivity index (χ1) is 11.2. The van der Waals surface area contributed by atoms with Crippen LogP contribution >= 0.6 is 0 Å². The first-order valence-electron chi connectivity index (χ1n) is 7.65. The maximum Gasteiger partial charge on any atom is 0.228 e. The summed E-state index contributed by atoms with van der Waals surface area (Å²) < 4.78 is 10.2. The molecular weight excluding hydrogens is 294 g/mol. The van der Waals surface area contributed by atoms with Crippen LogP contribution in [0, 0.1) is 6.92 Å². The van der Waals surface area contributed by atoms with E-state index >= 15 is 0 Å². The van der Waals surface area contributed by atoms with E-state index in [4.69, 9.17) is 9.26 Å². The molecular formula is C16H23N5O2. The van der Waals surface area contributed by atoms with Crippen molar-refractivity contribution in [1.29, 1.82) is 0 Å². The molecule has 0 aliphatic rings. The molecule has 0 bridgehead atoms. The van der Waals surface area contributed by atoms with Crippen LogP contribution in [0.5, 0.6) is 5.75 Å². The van der Waals surface area contributed by atoms with E-state index in [2.05, 4.69) is 25.8 Å². The van der Waals surface area contributed by atoms with Crippen LogP contribution in [0.4, 0.5) is 0 Å². The highest BCUT2D eigenvalue weighted by Crippen LogP contribution is 2.11. The zero-order valence-corrected chi connectivity index (χ0v) is 13.8. The lowest BCUT2D eigenvalue weighted by Gasteiger charge is -2.10. The molecule has 2 N–H and O–H groups in total. The molecule has 0 saturated heterocycles. The van der Waals surface area contributed by atoms with Crippen molar-refractivity contribution in [2.45, 2.75) is 26.8 Å². The van der Waals surface area contributed by atoms with Gasteiger partial charge < -0.3 is 19.9 Å². The van der Waals surface area contributed by atoms with Crippen LogP contribution in [-0.4, -0.2) is 36.3 Å². The maximum absolute atomic E-state index is 5.15. The van der Waals surface area contributed by atoms with Crippen molar-refractivity contribution in [3.05, 3.63) is 41.5 Å². The lowest BCUT2D eigenvalue weighted by molar-refractivity contribution is 0.374.